The van der Waals surface area contributed by atoms with E-state index in [-0.39, 0.29) is 6.61 Å². The van der Waals surface area contributed by atoms with Crippen molar-refractivity contribution in [2.24, 2.45) is 5.73 Å². The Labute approximate surface area is 134 Å². The highest BCUT2D eigenvalue weighted by Gasteiger charge is 2.15. The van der Waals surface area contributed by atoms with Gasteiger partial charge in [-0.3, -0.25) is 9.48 Å². The first kappa shape index (κ1) is 15.0. The van der Waals surface area contributed by atoms with E-state index in [1.54, 1.807) is 10.9 Å². The second-order valence-corrected chi connectivity index (χ2v) is 5.29. The Morgan fingerprint density at radius 3 is 2.30 bits per heavy atom. The normalized spacial score (nSPS) is 10.7. The van der Waals surface area contributed by atoms with Crippen LogP contribution in [0.25, 0.3) is 11.3 Å². The summed E-state index contributed by atoms with van der Waals surface area (Å²) >= 11 is 0. The number of benzene rings is 2. The van der Waals surface area contributed by atoms with Crippen LogP contribution < -0.4 is 5.73 Å². The van der Waals surface area contributed by atoms with Gasteiger partial charge in [0, 0.05) is 11.8 Å². The van der Waals surface area contributed by atoms with E-state index in [0.29, 0.717) is 17.8 Å². The second kappa shape index (κ2) is 6.46. The lowest BCUT2D eigenvalue weighted by molar-refractivity contribution is 0.100. The van der Waals surface area contributed by atoms with Gasteiger partial charge in [-0.2, -0.15) is 5.10 Å². The predicted octanol–water partition coefficient (Wildman–Crippen LogP) is 2.19. The van der Waals surface area contributed by atoms with Gasteiger partial charge in [-0.15, -0.1) is 0 Å². The maximum absolute atomic E-state index is 11.7. The maximum atomic E-state index is 11.7. The molecule has 5 heteroatoms. The van der Waals surface area contributed by atoms with E-state index in [9.17, 15) is 4.79 Å². The summed E-state index contributed by atoms with van der Waals surface area (Å²) < 4.78 is 1.70. The zero-order valence-electron chi connectivity index (χ0n) is 12.5. The van der Waals surface area contributed by atoms with E-state index in [0.717, 1.165) is 16.7 Å². The SMILES string of the molecule is NC(=O)c1cn(Cc2ccc(CO)cc2)nc1-c1ccccc1. The summed E-state index contributed by atoms with van der Waals surface area (Å²) in [5.74, 6) is -0.495. The molecular weight excluding hydrogens is 290 g/mol. The number of hydrogen-bond acceptors (Lipinski definition) is 3. The number of amides is 1. The molecule has 3 aromatic rings. The van der Waals surface area contributed by atoms with Gasteiger partial charge in [0.25, 0.3) is 5.91 Å². The van der Waals surface area contributed by atoms with Crippen LogP contribution >= 0.6 is 0 Å². The molecule has 0 aliphatic carbocycles. The smallest absolute Gasteiger partial charge is 0.252 e. The van der Waals surface area contributed by atoms with Gasteiger partial charge in [0.15, 0.2) is 0 Å². The average molecular weight is 307 g/mol. The summed E-state index contributed by atoms with van der Waals surface area (Å²) in [6, 6.07) is 17.1. The third-order valence-corrected chi connectivity index (χ3v) is 3.62. The molecule has 0 saturated heterocycles. The van der Waals surface area contributed by atoms with Crippen molar-refractivity contribution in [3.05, 3.63) is 77.5 Å². The summed E-state index contributed by atoms with van der Waals surface area (Å²) in [5, 5.41) is 13.6. The van der Waals surface area contributed by atoms with Crippen molar-refractivity contribution in [1.82, 2.24) is 9.78 Å². The maximum Gasteiger partial charge on any atom is 0.252 e. The Kier molecular flexibility index (Phi) is 4.21. The van der Waals surface area contributed by atoms with Crippen molar-refractivity contribution in [1.29, 1.82) is 0 Å². The first-order valence-electron chi connectivity index (χ1n) is 7.28. The Bertz CT molecular complexity index is 808. The molecule has 0 atom stereocenters. The lowest BCUT2D eigenvalue weighted by atomic mass is 10.1. The molecule has 0 spiro atoms. The van der Waals surface area contributed by atoms with Crippen molar-refractivity contribution < 1.29 is 9.90 Å². The fourth-order valence-electron chi connectivity index (χ4n) is 2.43. The lowest BCUT2D eigenvalue weighted by Gasteiger charge is -2.03. The minimum absolute atomic E-state index is 0.0199. The molecule has 0 saturated carbocycles. The summed E-state index contributed by atoms with van der Waals surface area (Å²) in [6.07, 6.45) is 1.67. The first-order chi connectivity index (χ1) is 11.2. The molecule has 0 aliphatic rings. The van der Waals surface area contributed by atoms with E-state index in [1.807, 2.05) is 54.6 Å². The summed E-state index contributed by atoms with van der Waals surface area (Å²) in [4.78, 5) is 11.7. The van der Waals surface area contributed by atoms with Crippen molar-refractivity contribution in [2.75, 3.05) is 0 Å². The number of primary amides is 1. The summed E-state index contributed by atoms with van der Waals surface area (Å²) in [7, 11) is 0. The van der Waals surface area contributed by atoms with Crippen LogP contribution in [-0.2, 0) is 13.2 Å². The topological polar surface area (TPSA) is 81.1 Å². The summed E-state index contributed by atoms with van der Waals surface area (Å²) in [5.41, 5.74) is 9.21. The van der Waals surface area contributed by atoms with Crippen LogP contribution in [0.15, 0.2) is 60.8 Å². The van der Waals surface area contributed by atoms with E-state index in [1.165, 1.54) is 0 Å². The molecule has 3 N–H and O–H groups in total. The number of carbonyl (C=O) groups is 1. The average Bonchev–Trinajstić information content (AvgIpc) is 3.00. The summed E-state index contributed by atoms with van der Waals surface area (Å²) in [6.45, 7) is 0.546. The molecule has 3 rings (SSSR count). The van der Waals surface area contributed by atoms with E-state index >= 15 is 0 Å². The van der Waals surface area contributed by atoms with E-state index in [4.69, 9.17) is 10.8 Å². The standard InChI is InChI=1S/C18H17N3O2/c19-18(23)16-11-21(10-13-6-8-14(12-22)9-7-13)20-17(16)15-4-2-1-3-5-15/h1-9,11,22H,10,12H2,(H2,19,23). The molecule has 1 amide bonds. The minimum Gasteiger partial charge on any atom is -0.392 e. The molecule has 0 bridgehead atoms. The van der Waals surface area contributed by atoms with Crippen molar-refractivity contribution >= 4 is 5.91 Å². The Morgan fingerprint density at radius 2 is 1.70 bits per heavy atom. The predicted molar refractivity (Wildman–Crippen MR) is 87.6 cm³/mol. The molecule has 2 aromatic carbocycles. The third kappa shape index (κ3) is 3.30. The number of aliphatic hydroxyl groups excluding tert-OH is 1. The number of carbonyl (C=O) groups excluding carboxylic acids is 1. The zero-order valence-corrected chi connectivity index (χ0v) is 12.5. The second-order valence-electron chi connectivity index (χ2n) is 5.29. The molecule has 0 radical (unpaired) electrons. The van der Waals surface area contributed by atoms with Crippen molar-refractivity contribution in [2.45, 2.75) is 13.2 Å². The van der Waals surface area contributed by atoms with Crippen molar-refractivity contribution in [3.8, 4) is 11.3 Å². The zero-order chi connectivity index (χ0) is 16.2. The molecule has 0 aliphatic heterocycles. The van der Waals surface area contributed by atoms with Gasteiger partial charge in [-0.1, -0.05) is 54.6 Å². The first-order valence-corrected chi connectivity index (χ1v) is 7.28. The minimum atomic E-state index is -0.495. The molecule has 5 nitrogen and oxygen atoms in total. The Hall–Kier alpha value is -2.92. The fourth-order valence-corrected chi connectivity index (χ4v) is 2.43. The van der Waals surface area contributed by atoms with Crippen LogP contribution in [0.5, 0.6) is 0 Å². The van der Waals surface area contributed by atoms with Crippen molar-refractivity contribution in [3.63, 3.8) is 0 Å². The van der Waals surface area contributed by atoms with Crippen LogP contribution in [0, 0.1) is 0 Å². The van der Waals surface area contributed by atoms with E-state index < -0.39 is 5.91 Å². The quantitative estimate of drug-likeness (QED) is 0.758. The third-order valence-electron chi connectivity index (χ3n) is 3.62. The number of nitrogens with zero attached hydrogens (tertiary/aromatic N) is 2. The lowest BCUT2D eigenvalue weighted by Crippen LogP contribution is -2.11. The van der Waals surface area contributed by atoms with E-state index in [2.05, 4.69) is 5.10 Å². The van der Waals surface area contributed by atoms with Crippen LogP contribution in [0.2, 0.25) is 0 Å². The van der Waals surface area contributed by atoms with Gasteiger partial charge in [0.1, 0.15) is 5.69 Å². The number of hydrogen-bond donors (Lipinski definition) is 2. The monoisotopic (exact) mass is 307 g/mol. The van der Waals surface area contributed by atoms with Gasteiger partial charge in [-0.05, 0) is 11.1 Å². The Balaban J connectivity index is 1.92. The van der Waals surface area contributed by atoms with Gasteiger partial charge in [0.05, 0.1) is 18.7 Å². The highest BCUT2D eigenvalue weighted by molar-refractivity contribution is 5.98. The van der Waals surface area contributed by atoms with Gasteiger partial charge in [0.2, 0.25) is 0 Å². The molecule has 0 unspecified atom stereocenters. The van der Waals surface area contributed by atoms with Crippen LogP contribution in [-0.4, -0.2) is 20.8 Å². The largest absolute Gasteiger partial charge is 0.392 e. The number of aromatic nitrogens is 2. The van der Waals surface area contributed by atoms with Crippen LogP contribution in [0.1, 0.15) is 21.5 Å². The van der Waals surface area contributed by atoms with Crippen LogP contribution in [0.4, 0.5) is 0 Å². The number of rotatable bonds is 5. The molecule has 1 aromatic heterocycles. The molecular formula is C18H17N3O2. The number of nitrogens with two attached hydrogens (primary N) is 1. The fraction of sp³-hybridized carbons (Fsp3) is 0.111. The number of aliphatic hydroxyl groups is 1. The van der Waals surface area contributed by atoms with Gasteiger partial charge in [-0.25, -0.2) is 0 Å². The highest BCUT2D eigenvalue weighted by atomic mass is 16.3. The molecule has 1 heterocycles. The van der Waals surface area contributed by atoms with Crippen LogP contribution in [0.3, 0.4) is 0 Å². The Morgan fingerprint density at radius 1 is 1.04 bits per heavy atom. The molecule has 116 valence electrons. The van der Waals surface area contributed by atoms with Gasteiger partial charge < -0.3 is 10.8 Å². The molecule has 0 fully saturated rings. The van der Waals surface area contributed by atoms with Gasteiger partial charge >= 0.3 is 0 Å². The highest BCUT2D eigenvalue weighted by Crippen LogP contribution is 2.22. The molecule has 23 heavy (non-hydrogen) atoms.